The van der Waals surface area contributed by atoms with Crippen molar-refractivity contribution in [1.82, 2.24) is 4.98 Å². The normalized spacial score (nSPS) is 12.8. The molecule has 1 rings (SSSR count). The predicted molar refractivity (Wildman–Crippen MR) is 65.3 cm³/mol. The van der Waals surface area contributed by atoms with Crippen LogP contribution in [-0.2, 0) is 0 Å². The Balaban J connectivity index is 2.98. The van der Waals surface area contributed by atoms with Gasteiger partial charge in [-0.25, -0.2) is 4.98 Å². The number of hydrogen-bond donors (Lipinski definition) is 2. The van der Waals surface area contributed by atoms with E-state index in [9.17, 15) is 13.2 Å². The Hall–Kier alpha value is -1.99. The van der Waals surface area contributed by atoms with Crippen LogP contribution in [0.1, 0.15) is 19.4 Å². The van der Waals surface area contributed by atoms with Crippen LogP contribution in [0.5, 0.6) is 0 Å². The van der Waals surface area contributed by atoms with E-state index in [2.05, 4.69) is 10.1 Å². The molecule has 0 aliphatic carbocycles. The number of pyridine rings is 1. The molecule has 0 aromatic carbocycles. The van der Waals surface area contributed by atoms with Crippen LogP contribution in [0, 0.1) is 0 Å². The minimum atomic E-state index is -4.31. The molecule has 1 aromatic heterocycles. The van der Waals surface area contributed by atoms with Crippen LogP contribution in [0.15, 0.2) is 23.5 Å². The molecule has 106 valence electrons. The van der Waals surface area contributed by atoms with E-state index in [1.54, 1.807) is 13.8 Å². The van der Waals surface area contributed by atoms with Crippen molar-refractivity contribution < 1.29 is 18.4 Å². The first-order valence-electron chi connectivity index (χ1n) is 5.52. The number of nitrogens with two attached hydrogens (primary N) is 1. The van der Waals surface area contributed by atoms with Crippen molar-refractivity contribution in [3.05, 3.63) is 23.9 Å². The summed E-state index contributed by atoms with van der Waals surface area (Å²) in [5.74, 6) is 0.0350. The molecule has 8 heteroatoms. The Labute approximate surface area is 108 Å². The second kappa shape index (κ2) is 5.77. The van der Waals surface area contributed by atoms with E-state index in [1.807, 2.05) is 0 Å². The van der Waals surface area contributed by atoms with Gasteiger partial charge < -0.3 is 15.8 Å². The first kappa shape index (κ1) is 15.1. The number of anilines is 1. The number of nitrogens with zero attached hydrogens (tertiary/aromatic N) is 3. The summed E-state index contributed by atoms with van der Waals surface area (Å²) >= 11 is 0. The maximum absolute atomic E-state index is 12.5. The molecular formula is C11H15F3N4O. The lowest BCUT2D eigenvalue weighted by atomic mass is 10.2. The Bertz CT molecular complexity index is 442. The second-order valence-electron chi connectivity index (χ2n) is 4.23. The Morgan fingerprint density at radius 3 is 2.47 bits per heavy atom. The summed E-state index contributed by atoms with van der Waals surface area (Å²) in [5.41, 5.74) is 5.68. The van der Waals surface area contributed by atoms with Gasteiger partial charge in [-0.1, -0.05) is 5.16 Å². The monoisotopic (exact) mass is 276 g/mol. The summed E-state index contributed by atoms with van der Waals surface area (Å²) in [6.45, 7) is 2.20. The molecule has 0 saturated carbocycles. The fourth-order valence-corrected chi connectivity index (χ4v) is 1.49. The summed E-state index contributed by atoms with van der Waals surface area (Å²) < 4.78 is 37.4. The third-order valence-electron chi connectivity index (χ3n) is 2.42. The average Bonchev–Trinajstić information content (AvgIpc) is 2.34. The standard InChI is InChI=1S/C11H15F3N4O/c1-7(2)18(6-11(12,13)14)9-4-3-8(5-16-9)10(15)17-19/h3-5,7,19H,6H2,1-2H3,(H2,15,17). The molecule has 0 amide bonds. The summed E-state index contributed by atoms with van der Waals surface area (Å²) in [5, 5.41) is 11.3. The number of hydrogen-bond acceptors (Lipinski definition) is 4. The van der Waals surface area contributed by atoms with Crippen molar-refractivity contribution in [3.63, 3.8) is 0 Å². The maximum atomic E-state index is 12.5. The molecule has 0 unspecified atom stereocenters. The Kier molecular flexibility index (Phi) is 4.57. The molecule has 0 atom stereocenters. The molecule has 1 aromatic rings. The highest BCUT2D eigenvalue weighted by Gasteiger charge is 2.32. The highest BCUT2D eigenvalue weighted by Crippen LogP contribution is 2.22. The first-order chi connectivity index (χ1) is 8.74. The number of aromatic nitrogens is 1. The lowest BCUT2D eigenvalue weighted by Gasteiger charge is -2.28. The van der Waals surface area contributed by atoms with Crippen LogP contribution >= 0.6 is 0 Å². The largest absolute Gasteiger partial charge is 0.409 e. The van der Waals surface area contributed by atoms with E-state index in [4.69, 9.17) is 10.9 Å². The fourth-order valence-electron chi connectivity index (χ4n) is 1.49. The number of oxime groups is 1. The minimum absolute atomic E-state index is 0.147. The third kappa shape index (κ3) is 4.31. The van der Waals surface area contributed by atoms with Crippen LogP contribution in [0.4, 0.5) is 19.0 Å². The molecular weight excluding hydrogens is 261 g/mol. The Morgan fingerprint density at radius 2 is 2.11 bits per heavy atom. The summed E-state index contributed by atoms with van der Waals surface area (Å²) in [6, 6.07) is 2.49. The van der Waals surface area contributed by atoms with Gasteiger partial charge in [-0.2, -0.15) is 13.2 Å². The van der Waals surface area contributed by atoms with Crippen molar-refractivity contribution >= 4 is 11.7 Å². The van der Waals surface area contributed by atoms with Crippen LogP contribution in [0.2, 0.25) is 0 Å². The molecule has 0 spiro atoms. The lowest BCUT2D eigenvalue weighted by Crippen LogP contribution is -2.39. The van der Waals surface area contributed by atoms with Gasteiger partial charge in [0.25, 0.3) is 0 Å². The van der Waals surface area contributed by atoms with Crippen LogP contribution in [0.25, 0.3) is 0 Å². The molecule has 0 radical (unpaired) electrons. The molecule has 0 aliphatic heterocycles. The van der Waals surface area contributed by atoms with Crippen molar-refractivity contribution in [3.8, 4) is 0 Å². The van der Waals surface area contributed by atoms with Gasteiger partial charge in [-0.15, -0.1) is 0 Å². The second-order valence-corrected chi connectivity index (χ2v) is 4.23. The van der Waals surface area contributed by atoms with Gasteiger partial charge in [0.15, 0.2) is 5.84 Å². The predicted octanol–water partition coefficient (Wildman–Crippen LogP) is 1.95. The number of rotatable bonds is 4. The fraction of sp³-hybridized carbons (Fsp3) is 0.455. The zero-order valence-corrected chi connectivity index (χ0v) is 10.5. The summed E-state index contributed by atoms with van der Waals surface area (Å²) in [7, 11) is 0. The van der Waals surface area contributed by atoms with Gasteiger partial charge in [-0.3, -0.25) is 0 Å². The molecule has 0 fully saturated rings. The maximum Gasteiger partial charge on any atom is 0.405 e. The first-order valence-corrected chi connectivity index (χ1v) is 5.52. The smallest absolute Gasteiger partial charge is 0.405 e. The van der Waals surface area contributed by atoms with E-state index in [0.717, 1.165) is 4.90 Å². The van der Waals surface area contributed by atoms with Crippen LogP contribution in [-0.4, -0.2) is 34.8 Å². The SMILES string of the molecule is CC(C)N(CC(F)(F)F)c1ccc(C(N)=NO)cn1. The average molecular weight is 276 g/mol. The van der Waals surface area contributed by atoms with Crippen molar-refractivity contribution in [2.75, 3.05) is 11.4 Å². The molecule has 0 bridgehead atoms. The lowest BCUT2D eigenvalue weighted by molar-refractivity contribution is -0.120. The molecule has 3 N–H and O–H groups in total. The number of halogens is 3. The zero-order valence-electron chi connectivity index (χ0n) is 10.5. The summed E-state index contributed by atoms with van der Waals surface area (Å²) in [4.78, 5) is 5.03. The molecule has 5 nitrogen and oxygen atoms in total. The topological polar surface area (TPSA) is 74.7 Å². The quantitative estimate of drug-likeness (QED) is 0.381. The Morgan fingerprint density at radius 1 is 1.47 bits per heavy atom. The van der Waals surface area contributed by atoms with E-state index >= 15 is 0 Å². The summed E-state index contributed by atoms with van der Waals surface area (Å²) in [6.07, 6.45) is -3.05. The van der Waals surface area contributed by atoms with Gasteiger partial charge in [0.2, 0.25) is 0 Å². The number of amidine groups is 1. The molecule has 19 heavy (non-hydrogen) atoms. The van der Waals surface area contributed by atoms with Gasteiger partial charge in [0, 0.05) is 17.8 Å². The number of alkyl halides is 3. The van der Waals surface area contributed by atoms with Gasteiger partial charge in [0.1, 0.15) is 12.4 Å². The zero-order chi connectivity index (χ0) is 14.6. The van der Waals surface area contributed by atoms with E-state index in [0.29, 0.717) is 5.56 Å². The van der Waals surface area contributed by atoms with E-state index in [-0.39, 0.29) is 17.7 Å². The highest BCUT2D eigenvalue weighted by atomic mass is 19.4. The molecule has 1 heterocycles. The molecule has 0 aliphatic rings. The van der Waals surface area contributed by atoms with Crippen LogP contribution in [0.3, 0.4) is 0 Å². The molecule has 0 saturated heterocycles. The van der Waals surface area contributed by atoms with Gasteiger partial charge >= 0.3 is 6.18 Å². The van der Waals surface area contributed by atoms with Crippen LogP contribution < -0.4 is 10.6 Å². The highest BCUT2D eigenvalue weighted by molar-refractivity contribution is 5.96. The van der Waals surface area contributed by atoms with E-state index < -0.39 is 12.7 Å². The van der Waals surface area contributed by atoms with Gasteiger partial charge in [0.05, 0.1) is 0 Å². The van der Waals surface area contributed by atoms with Crippen molar-refractivity contribution in [1.29, 1.82) is 0 Å². The minimum Gasteiger partial charge on any atom is -0.409 e. The van der Waals surface area contributed by atoms with Gasteiger partial charge in [-0.05, 0) is 26.0 Å². The van der Waals surface area contributed by atoms with Crippen molar-refractivity contribution in [2.45, 2.75) is 26.1 Å². The third-order valence-corrected chi connectivity index (χ3v) is 2.42. The van der Waals surface area contributed by atoms with E-state index in [1.165, 1.54) is 18.3 Å². The van der Waals surface area contributed by atoms with Crippen molar-refractivity contribution in [2.24, 2.45) is 10.9 Å².